The summed E-state index contributed by atoms with van der Waals surface area (Å²) in [6.07, 6.45) is 0. The molecule has 0 bridgehead atoms. The average molecular weight is 405 g/mol. The zero-order valence-corrected chi connectivity index (χ0v) is 14.0. The van der Waals surface area contributed by atoms with Gasteiger partial charge < -0.3 is 10.1 Å². The molecule has 0 spiro atoms. The highest BCUT2D eigenvalue weighted by atomic mass is 79.9. The van der Waals surface area contributed by atoms with E-state index < -0.39 is 0 Å². The molecule has 1 aromatic heterocycles. The molecule has 2 aromatic rings. The quantitative estimate of drug-likeness (QED) is 0.836. The van der Waals surface area contributed by atoms with Crippen LogP contribution in [0.3, 0.4) is 0 Å². The van der Waals surface area contributed by atoms with Crippen molar-refractivity contribution in [3.8, 4) is 11.4 Å². The molecule has 20 heavy (non-hydrogen) atoms. The van der Waals surface area contributed by atoms with E-state index in [1.54, 1.807) is 26.3 Å². The van der Waals surface area contributed by atoms with Crippen LogP contribution in [0, 0.1) is 5.82 Å². The van der Waals surface area contributed by atoms with Gasteiger partial charge in [-0.05, 0) is 50.1 Å². The second-order valence-electron chi connectivity index (χ2n) is 3.97. The fourth-order valence-electron chi connectivity index (χ4n) is 1.66. The summed E-state index contributed by atoms with van der Waals surface area (Å²) in [5.41, 5.74) is 1.45. The number of aromatic nitrogens is 2. The standard InChI is InChI=1S/C13H12Br2FN3O/c1-17-13-11(15)10(6-20-2)18-12(19-13)7-3-4-9(16)8(14)5-7/h3-5H,6H2,1-2H3,(H,17,18,19). The number of rotatable bonds is 4. The summed E-state index contributed by atoms with van der Waals surface area (Å²) in [6.45, 7) is 0.354. The molecule has 1 heterocycles. The Morgan fingerprint density at radius 3 is 2.65 bits per heavy atom. The largest absolute Gasteiger partial charge is 0.378 e. The fourth-order valence-corrected chi connectivity index (χ4v) is 2.52. The molecular formula is C13H12Br2FN3O. The minimum atomic E-state index is -0.322. The van der Waals surface area contributed by atoms with Crippen molar-refractivity contribution < 1.29 is 9.13 Å². The number of benzene rings is 1. The van der Waals surface area contributed by atoms with Gasteiger partial charge in [-0.1, -0.05) is 0 Å². The predicted octanol–water partition coefficient (Wildman–Crippen LogP) is 4.00. The van der Waals surface area contributed by atoms with Crippen LogP contribution in [-0.2, 0) is 11.3 Å². The first-order valence-electron chi connectivity index (χ1n) is 5.75. The van der Waals surface area contributed by atoms with E-state index in [-0.39, 0.29) is 5.82 Å². The summed E-state index contributed by atoms with van der Waals surface area (Å²) in [7, 11) is 3.37. The molecule has 0 aliphatic carbocycles. The van der Waals surface area contributed by atoms with E-state index in [2.05, 4.69) is 47.1 Å². The maximum atomic E-state index is 13.3. The van der Waals surface area contributed by atoms with Crippen LogP contribution >= 0.6 is 31.9 Å². The monoisotopic (exact) mass is 403 g/mol. The fraction of sp³-hybridized carbons (Fsp3) is 0.231. The molecule has 0 atom stereocenters. The van der Waals surface area contributed by atoms with E-state index in [4.69, 9.17) is 4.74 Å². The lowest BCUT2D eigenvalue weighted by molar-refractivity contribution is 0.181. The van der Waals surface area contributed by atoms with Crippen molar-refractivity contribution in [1.29, 1.82) is 0 Å². The van der Waals surface area contributed by atoms with Crippen LogP contribution < -0.4 is 5.32 Å². The third-order valence-corrected chi connectivity index (χ3v) is 4.06. The van der Waals surface area contributed by atoms with Gasteiger partial charge in [-0.3, -0.25) is 0 Å². The van der Waals surface area contributed by atoms with Crippen LogP contribution in [0.5, 0.6) is 0 Å². The van der Waals surface area contributed by atoms with E-state index in [0.29, 0.717) is 22.7 Å². The van der Waals surface area contributed by atoms with E-state index in [1.165, 1.54) is 6.07 Å². The van der Waals surface area contributed by atoms with E-state index in [0.717, 1.165) is 15.7 Å². The van der Waals surface area contributed by atoms with Crippen molar-refractivity contribution in [2.75, 3.05) is 19.5 Å². The predicted molar refractivity (Wildman–Crippen MR) is 83.1 cm³/mol. The molecule has 1 N–H and O–H groups in total. The first kappa shape index (κ1) is 15.3. The van der Waals surface area contributed by atoms with Gasteiger partial charge >= 0.3 is 0 Å². The van der Waals surface area contributed by atoms with Crippen molar-refractivity contribution in [3.05, 3.63) is 38.7 Å². The number of methoxy groups -OCH3 is 1. The molecule has 106 valence electrons. The van der Waals surface area contributed by atoms with Crippen molar-refractivity contribution in [2.24, 2.45) is 0 Å². The summed E-state index contributed by atoms with van der Waals surface area (Å²) in [6, 6.07) is 4.66. The second-order valence-corrected chi connectivity index (χ2v) is 5.62. The Labute approximate surface area is 133 Å². The third kappa shape index (κ3) is 3.16. The summed E-state index contributed by atoms with van der Waals surface area (Å²) in [4.78, 5) is 8.85. The molecule has 0 aliphatic heterocycles. The second kappa shape index (κ2) is 6.60. The van der Waals surface area contributed by atoms with Crippen LogP contribution in [0.4, 0.5) is 10.2 Å². The van der Waals surface area contributed by atoms with Crippen LogP contribution in [0.15, 0.2) is 27.1 Å². The van der Waals surface area contributed by atoms with Crippen LogP contribution in [0.2, 0.25) is 0 Å². The number of hydrogen-bond acceptors (Lipinski definition) is 4. The number of anilines is 1. The Morgan fingerprint density at radius 1 is 1.30 bits per heavy atom. The Bertz CT molecular complexity index is 637. The summed E-state index contributed by atoms with van der Waals surface area (Å²) >= 11 is 6.60. The Hall–Kier alpha value is -1.05. The van der Waals surface area contributed by atoms with Crippen molar-refractivity contribution in [3.63, 3.8) is 0 Å². The molecule has 7 heteroatoms. The maximum absolute atomic E-state index is 13.3. The lowest BCUT2D eigenvalue weighted by atomic mass is 10.2. The minimum absolute atomic E-state index is 0.322. The summed E-state index contributed by atoms with van der Waals surface area (Å²) in [5.74, 6) is 0.838. The van der Waals surface area contributed by atoms with E-state index in [1.807, 2.05) is 0 Å². The van der Waals surface area contributed by atoms with Gasteiger partial charge in [-0.2, -0.15) is 0 Å². The zero-order chi connectivity index (χ0) is 14.7. The highest BCUT2D eigenvalue weighted by Gasteiger charge is 2.13. The lowest BCUT2D eigenvalue weighted by Gasteiger charge is -2.11. The Balaban J connectivity index is 2.55. The Kier molecular flexibility index (Phi) is 5.06. The molecule has 0 saturated heterocycles. The molecule has 0 fully saturated rings. The normalized spacial score (nSPS) is 10.7. The van der Waals surface area contributed by atoms with Gasteiger partial charge in [0.1, 0.15) is 11.6 Å². The van der Waals surface area contributed by atoms with E-state index >= 15 is 0 Å². The first-order valence-corrected chi connectivity index (χ1v) is 7.34. The molecule has 0 radical (unpaired) electrons. The number of nitrogens with one attached hydrogen (secondary N) is 1. The third-order valence-electron chi connectivity index (χ3n) is 2.62. The van der Waals surface area contributed by atoms with Crippen LogP contribution in [-0.4, -0.2) is 24.1 Å². The van der Waals surface area contributed by atoms with Gasteiger partial charge in [0.15, 0.2) is 5.82 Å². The molecule has 1 aromatic carbocycles. The zero-order valence-electron chi connectivity index (χ0n) is 10.9. The smallest absolute Gasteiger partial charge is 0.161 e. The molecule has 0 amide bonds. The number of halogens is 3. The van der Waals surface area contributed by atoms with Crippen molar-refractivity contribution >= 4 is 37.7 Å². The Morgan fingerprint density at radius 2 is 2.05 bits per heavy atom. The number of hydrogen-bond donors (Lipinski definition) is 1. The summed E-state index contributed by atoms with van der Waals surface area (Å²) < 4.78 is 19.6. The van der Waals surface area contributed by atoms with Gasteiger partial charge in [0, 0.05) is 19.7 Å². The molecule has 2 rings (SSSR count). The number of nitrogens with zero attached hydrogens (tertiary/aromatic N) is 2. The van der Waals surface area contributed by atoms with Gasteiger partial charge in [0.2, 0.25) is 0 Å². The topological polar surface area (TPSA) is 47.0 Å². The average Bonchev–Trinajstić information content (AvgIpc) is 2.44. The van der Waals surface area contributed by atoms with Gasteiger partial charge in [0.05, 0.1) is 21.2 Å². The van der Waals surface area contributed by atoms with Gasteiger partial charge in [-0.15, -0.1) is 0 Å². The molecule has 0 unspecified atom stereocenters. The highest BCUT2D eigenvalue weighted by molar-refractivity contribution is 9.11. The molecule has 4 nitrogen and oxygen atoms in total. The maximum Gasteiger partial charge on any atom is 0.161 e. The molecule has 0 aliphatic rings. The minimum Gasteiger partial charge on any atom is -0.378 e. The first-order chi connectivity index (χ1) is 9.56. The van der Waals surface area contributed by atoms with E-state index in [9.17, 15) is 4.39 Å². The van der Waals surface area contributed by atoms with Gasteiger partial charge in [-0.25, -0.2) is 14.4 Å². The van der Waals surface area contributed by atoms with Crippen LogP contribution in [0.25, 0.3) is 11.4 Å². The highest BCUT2D eigenvalue weighted by Crippen LogP contribution is 2.29. The molecule has 0 saturated carbocycles. The number of ether oxygens (including phenoxy) is 1. The van der Waals surface area contributed by atoms with Gasteiger partial charge in [0.25, 0.3) is 0 Å². The summed E-state index contributed by atoms with van der Waals surface area (Å²) in [5, 5.41) is 2.99. The SMILES string of the molecule is CNc1nc(-c2ccc(F)c(Br)c2)nc(COC)c1Br. The van der Waals surface area contributed by atoms with Crippen LogP contribution in [0.1, 0.15) is 5.69 Å². The van der Waals surface area contributed by atoms with Crippen molar-refractivity contribution in [1.82, 2.24) is 9.97 Å². The molecular weight excluding hydrogens is 393 g/mol. The lowest BCUT2D eigenvalue weighted by Crippen LogP contribution is -2.04. The van der Waals surface area contributed by atoms with Crippen molar-refractivity contribution in [2.45, 2.75) is 6.61 Å².